The number of amides is 1. The van der Waals surface area contributed by atoms with Gasteiger partial charge in [0.15, 0.2) is 0 Å². The van der Waals surface area contributed by atoms with Crippen LogP contribution in [0.3, 0.4) is 0 Å². The Balaban J connectivity index is 1.75. The Kier molecular flexibility index (Phi) is 4.72. The van der Waals surface area contributed by atoms with E-state index in [0.29, 0.717) is 11.4 Å². The quantitative estimate of drug-likeness (QED) is 0.569. The van der Waals surface area contributed by atoms with Crippen LogP contribution in [0.4, 0.5) is 10.1 Å². The number of rotatable bonds is 4. The fraction of sp³-hybridized carbons (Fsp3) is 0.136. The monoisotopic (exact) mass is 391 g/mol. The smallest absolute Gasteiger partial charge is 0.265 e. The van der Waals surface area contributed by atoms with Gasteiger partial charge in [-0.25, -0.2) is 9.37 Å². The molecule has 0 bridgehead atoms. The molecule has 1 N–H and O–H groups in total. The summed E-state index contributed by atoms with van der Waals surface area (Å²) >= 11 is 0. The molecule has 2 aromatic carbocycles. The predicted molar refractivity (Wildman–Crippen MR) is 108 cm³/mol. The highest BCUT2D eigenvalue weighted by Gasteiger charge is 2.23. The fourth-order valence-electron chi connectivity index (χ4n) is 3.21. The van der Waals surface area contributed by atoms with Crippen LogP contribution in [0, 0.1) is 19.7 Å². The zero-order valence-electron chi connectivity index (χ0n) is 15.9. The normalized spacial score (nSPS) is 11.0. The Morgan fingerprint density at radius 2 is 1.86 bits per heavy atom. The molecular weight excluding hydrogens is 373 g/mol. The third-order valence-corrected chi connectivity index (χ3v) is 4.74. The van der Waals surface area contributed by atoms with Crippen LogP contribution in [0.1, 0.15) is 27.2 Å². The van der Waals surface area contributed by atoms with Crippen molar-refractivity contribution in [2.75, 3.05) is 5.32 Å². The van der Waals surface area contributed by atoms with Gasteiger partial charge in [0.25, 0.3) is 11.5 Å². The van der Waals surface area contributed by atoms with Gasteiger partial charge in [0.05, 0.1) is 12.1 Å². The number of hydrogen-bond donors (Lipinski definition) is 1. The maximum absolute atomic E-state index is 13.1. The summed E-state index contributed by atoms with van der Waals surface area (Å²) in [5, 5.41) is 2.95. The summed E-state index contributed by atoms with van der Waals surface area (Å²) in [6.45, 7) is 3.70. The number of aryl methyl sites for hydroxylation is 2. The second-order valence-corrected chi connectivity index (χ2v) is 6.79. The van der Waals surface area contributed by atoms with Gasteiger partial charge in [0.1, 0.15) is 23.3 Å². The van der Waals surface area contributed by atoms with Gasteiger partial charge in [0.2, 0.25) is 5.71 Å². The molecule has 0 radical (unpaired) electrons. The molecule has 0 unspecified atom stereocenters. The van der Waals surface area contributed by atoms with Gasteiger partial charge in [-0.3, -0.25) is 14.2 Å². The lowest BCUT2D eigenvalue weighted by molar-refractivity contribution is 0.102. The number of carbonyl (C=O) groups is 1. The topological polar surface area (TPSA) is 77.1 Å². The van der Waals surface area contributed by atoms with Gasteiger partial charge in [0, 0.05) is 5.69 Å². The molecule has 0 aliphatic carbocycles. The molecular formula is C22H18FN3O3. The van der Waals surface area contributed by atoms with Gasteiger partial charge < -0.3 is 9.73 Å². The number of carbonyl (C=O) groups excluding carboxylic acids is 1. The van der Waals surface area contributed by atoms with Crippen LogP contribution in [0.2, 0.25) is 0 Å². The first-order valence-corrected chi connectivity index (χ1v) is 9.04. The lowest BCUT2D eigenvalue weighted by Crippen LogP contribution is -2.23. The lowest BCUT2D eigenvalue weighted by atomic mass is 10.1. The molecule has 0 atom stereocenters. The lowest BCUT2D eigenvalue weighted by Gasteiger charge is -2.08. The number of halogens is 1. The average molecular weight is 391 g/mol. The number of anilines is 1. The summed E-state index contributed by atoms with van der Waals surface area (Å²) in [4.78, 5) is 30.2. The second-order valence-electron chi connectivity index (χ2n) is 6.79. The minimum Gasteiger partial charge on any atom is -0.442 e. The summed E-state index contributed by atoms with van der Waals surface area (Å²) in [6.07, 6.45) is 1.36. The van der Waals surface area contributed by atoms with E-state index in [1.54, 1.807) is 25.1 Å². The molecule has 4 aromatic rings. The Labute approximate surface area is 165 Å². The van der Waals surface area contributed by atoms with Crippen LogP contribution in [0.5, 0.6) is 0 Å². The highest BCUT2D eigenvalue weighted by Crippen LogP contribution is 2.23. The molecule has 0 aliphatic heterocycles. The maximum atomic E-state index is 13.1. The van der Waals surface area contributed by atoms with Crippen LogP contribution in [-0.4, -0.2) is 15.5 Å². The molecule has 29 heavy (non-hydrogen) atoms. The predicted octanol–water partition coefficient (Wildman–Crippen LogP) is 4.05. The first-order valence-electron chi connectivity index (χ1n) is 9.04. The number of fused-ring (bicyclic) bond motifs is 1. The van der Waals surface area contributed by atoms with Gasteiger partial charge in [-0.05, 0) is 43.2 Å². The van der Waals surface area contributed by atoms with E-state index in [9.17, 15) is 14.0 Å². The summed E-state index contributed by atoms with van der Waals surface area (Å²) < 4.78 is 20.1. The molecule has 2 aromatic heterocycles. The second kappa shape index (κ2) is 7.35. The minimum absolute atomic E-state index is 0.109. The van der Waals surface area contributed by atoms with Crippen molar-refractivity contribution in [1.29, 1.82) is 0 Å². The number of nitrogens with one attached hydrogen (secondary N) is 1. The third-order valence-electron chi connectivity index (χ3n) is 4.74. The molecule has 0 fully saturated rings. The van der Waals surface area contributed by atoms with E-state index >= 15 is 0 Å². The number of nitrogens with zero attached hydrogens (tertiary/aromatic N) is 2. The maximum Gasteiger partial charge on any atom is 0.265 e. The molecule has 146 valence electrons. The van der Waals surface area contributed by atoms with E-state index in [0.717, 1.165) is 11.1 Å². The van der Waals surface area contributed by atoms with Crippen LogP contribution < -0.4 is 10.9 Å². The Hall–Kier alpha value is -3.74. The van der Waals surface area contributed by atoms with Crippen LogP contribution in [0.15, 0.2) is 64.1 Å². The molecule has 4 rings (SSSR count). The Morgan fingerprint density at radius 1 is 1.14 bits per heavy atom. The van der Waals surface area contributed by atoms with Crippen molar-refractivity contribution in [2.24, 2.45) is 0 Å². The highest BCUT2D eigenvalue weighted by atomic mass is 19.1. The zero-order valence-corrected chi connectivity index (χ0v) is 15.9. The van der Waals surface area contributed by atoms with E-state index in [2.05, 4.69) is 10.3 Å². The Bertz CT molecular complexity index is 1270. The van der Waals surface area contributed by atoms with Gasteiger partial charge in [-0.15, -0.1) is 0 Å². The standard InChI is InChI=1S/C22H18FN3O3/c1-13-5-3-4-6-17(13)25-20(27)18-14(2)29-21-19(18)22(28)26(12-24-21)11-15-7-9-16(23)10-8-15/h3-10,12H,11H2,1-2H3,(H,25,27). The van der Waals surface area contributed by atoms with Gasteiger partial charge in [-0.2, -0.15) is 0 Å². The number of furan rings is 1. The largest absolute Gasteiger partial charge is 0.442 e. The SMILES string of the molecule is Cc1ccccc1NC(=O)c1c(C)oc2ncn(Cc3ccc(F)cc3)c(=O)c12. The first kappa shape index (κ1) is 18.6. The molecule has 0 saturated heterocycles. The summed E-state index contributed by atoms with van der Waals surface area (Å²) in [6, 6.07) is 13.2. The molecule has 0 saturated carbocycles. The zero-order chi connectivity index (χ0) is 20.5. The molecule has 0 aliphatic rings. The number of para-hydroxylation sites is 1. The molecule has 0 spiro atoms. The van der Waals surface area contributed by atoms with Crippen molar-refractivity contribution < 1.29 is 13.6 Å². The van der Waals surface area contributed by atoms with Crippen molar-refractivity contribution in [3.63, 3.8) is 0 Å². The summed E-state index contributed by atoms with van der Waals surface area (Å²) in [5.41, 5.74) is 2.17. The summed E-state index contributed by atoms with van der Waals surface area (Å²) in [7, 11) is 0. The van der Waals surface area contributed by atoms with E-state index in [4.69, 9.17) is 4.42 Å². The van der Waals surface area contributed by atoms with Crippen molar-refractivity contribution in [3.8, 4) is 0 Å². The summed E-state index contributed by atoms with van der Waals surface area (Å²) in [5.74, 6) is -0.473. The molecule has 2 heterocycles. The van der Waals surface area contributed by atoms with Gasteiger partial charge >= 0.3 is 0 Å². The van der Waals surface area contributed by atoms with Crippen LogP contribution >= 0.6 is 0 Å². The van der Waals surface area contributed by atoms with E-state index < -0.39 is 11.5 Å². The molecule has 1 amide bonds. The van der Waals surface area contributed by atoms with E-state index in [1.807, 2.05) is 25.1 Å². The number of hydrogen-bond acceptors (Lipinski definition) is 4. The number of benzene rings is 2. The van der Waals surface area contributed by atoms with Crippen molar-refractivity contribution >= 4 is 22.7 Å². The third kappa shape index (κ3) is 3.54. The number of aromatic nitrogens is 2. The van der Waals surface area contributed by atoms with Crippen molar-refractivity contribution in [2.45, 2.75) is 20.4 Å². The Morgan fingerprint density at radius 3 is 2.59 bits per heavy atom. The van der Waals surface area contributed by atoms with Crippen LogP contribution in [-0.2, 0) is 6.54 Å². The molecule has 6 nitrogen and oxygen atoms in total. The van der Waals surface area contributed by atoms with Crippen molar-refractivity contribution in [3.05, 3.63) is 93.5 Å². The van der Waals surface area contributed by atoms with E-state index in [1.165, 1.54) is 23.0 Å². The van der Waals surface area contributed by atoms with Crippen molar-refractivity contribution in [1.82, 2.24) is 9.55 Å². The van der Waals surface area contributed by atoms with Gasteiger partial charge in [-0.1, -0.05) is 30.3 Å². The first-order chi connectivity index (χ1) is 13.9. The van der Waals surface area contributed by atoms with Crippen LogP contribution in [0.25, 0.3) is 11.1 Å². The molecule has 7 heteroatoms. The van der Waals surface area contributed by atoms with E-state index in [-0.39, 0.29) is 29.0 Å². The minimum atomic E-state index is -0.436. The fourth-order valence-corrected chi connectivity index (χ4v) is 3.21. The highest BCUT2D eigenvalue weighted by molar-refractivity contribution is 6.12. The average Bonchev–Trinajstić information content (AvgIpc) is 3.04.